The van der Waals surface area contributed by atoms with E-state index in [4.69, 9.17) is 0 Å². The summed E-state index contributed by atoms with van der Waals surface area (Å²) in [6, 6.07) is 21.6. The van der Waals surface area contributed by atoms with E-state index in [1.165, 1.54) is 11.1 Å². The molecule has 31 heavy (non-hydrogen) atoms. The van der Waals surface area contributed by atoms with Gasteiger partial charge in [-0.15, -0.1) is 0 Å². The van der Waals surface area contributed by atoms with Crippen molar-refractivity contribution in [3.63, 3.8) is 0 Å². The SMILES string of the molecule is CC(C)(C)c1ccc(C(=O)Nc2cc(NCCc3ccccc3)n3nccc3n2)cc1. The number of benzene rings is 2. The van der Waals surface area contributed by atoms with Gasteiger partial charge >= 0.3 is 0 Å². The largest absolute Gasteiger partial charge is 0.370 e. The van der Waals surface area contributed by atoms with Crippen molar-refractivity contribution in [3.8, 4) is 0 Å². The third kappa shape index (κ3) is 4.91. The molecule has 4 aromatic rings. The summed E-state index contributed by atoms with van der Waals surface area (Å²) >= 11 is 0. The fraction of sp³-hybridized carbons (Fsp3) is 0.240. The molecule has 0 saturated carbocycles. The lowest BCUT2D eigenvalue weighted by molar-refractivity contribution is 0.102. The van der Waals surface area contributed by atoms with Crippen LogP contribution < -0.4 is 10.6 Å². The maximum atomic E-state index is 12.8. The Bertz CT molecular complexity index is 1170. The number of hydrogen-bond acceptors (Lipinski definition) is 4. The van der Waals surface area contributed by atoms with Gasteiger partial charge in [-0.1, -0.05) is 63.2 Å². The average Bonchev–Trinajstić information content (AvgIpc) is 3.23. The molecule has 4 rings (SSSR count). The van der Waals surface area contributed by atoms with Crippen molar-refractivity contribution in [1.29, 1.82) is 0 Å². The lowest BCUT2D eigenvalue weighted by Gasteiger charge is -2.19. The number of amides is 1. The van der Waals surface area contributed by atoms with Crippen LogP contribution in [-0.2, 0) is 11.8 Å². The number of nitrogens with zero attached hydrogens (tertiary/aromatic N) is 3. The Hall–Kier alpha value is -3.67. The van der Waals surface area contributed by atoms with Crippen LogP contribution in [0.5, 0.6) is 0 Å². The molecule has 2 aromatic carbocycles. The van der Waals surface area contributed by atoms with Crippen LogP contribution in [-0.4, -0.2) is 27.0 Å². The van der Waals surface area contributed by atoms with Gasteiger partial charge in [-0.3, -0.25) is 4.79 Å². The molecule has 0 atom stereocenters. The van der Waals surface area contributed by atoms with Gasteiger partial charge in [0, 0.05) is 24.2 Å². The molecule has 158 valence electrons. The van der Waals surface area contributed by atoms with Gasteiger partial charge in [-0.25, -0.2) is 4.98 Å². The van der Waals surface area contributed by atoms with Crippen LogP contribution in [0.15, 0.2) is 72.9 Å². The van der Waals surface area contributed by atoms with Crippen LogP contribution in [0.25, 0.3) is 5.65 Å². The molecule has 2 heterocycles. The lowest BCUT2D eigenvalue weighted by atomic mass is 9.87. The predicted octanol–water partition coefficient (Wildman–Crippen LogP) is 4.93. The first-order valence-corrected chi connectivity index (χ1v) is 10.4. The summed E-state index contributed by atoms with van der Waals surface area (Å²) in [5.41, 5.74) is 3.76. The highest BCUT2D eigenvalue weighted by molar-refractivity contribution is 6.04. The van der Waals surface area contributed by atoms with Gasteiger partial charge in [-0.2, -0.15) is 9.61 Å². The highest BCUT2D eigenvalue weighted by Gasteiger charge is 2.15. The Labute approximate surface area is 182 Å². The van der Waals surface area contributed by atoms with Gasteiger partial charge in [0.15, 0.2) is 5.65 Å². The van der Waals surface area contributed by atoms with Crippen LogP contribution in [0.2, 0.25) is 0 Å². The number of aromatic nitrogens is 3. The first-order chi connectivity index (χ1) is 14.9. The van der Waals surface area contributed by atoms with Gasteiger partial charge in [0.25, 0.3) is 5.91 Å². The molecule has 2 aromatic heterocycles. The minimum atomic E-state index is -0.188. The van der Waals surface area contributed by atoms with Crippen molar-refractivity contribution in [1.82, 2.24) is 14.6 Å². The smallest absolute Gasteiger partial charge is 0.256 e. The maximum Gasteiger partial charge on any atom is 0.256 e. The van der Waals surface area contributed by atoms with Crippen molar-refractivity contribution >= 4 is 23.2 Å². The van der Waals surface area contributed by atoms with Crippen molar-refractivity contribution in [2.45, 2.75) is 32.6 Å². The summed E-state index contributed by atoms with van der Waals surface area (Å²) < 4.78 is 1.73. The normalized spacial score (nSPS) is 11.5. The second-order valence-electron chi connectivity index (χ2n) is 8.57. The van der Waals surface area contributed by atoms with Crippen molar-refractivity contribution in [2.75, 3.05) is 17.2 Å². The number of carbonyl (C=O) groups is 1. The van der Waals surface area contributed by atoms with E-state index in [1.54, 1.807) is 10.7 Å². The molecule has 1 amide bonds. The van der Waals surface area contributed by atoms with Gasteiger partial charge in [-0.05, 0) is 35.1 Å². The van der Waals surface area contributed by atoms with Crippen molar-refractivity contribution in [2.24, 2.45) is 0 Å². The number of carbonyl (C=O) groups excluding carboxylic acids is 1. The molecular weight excluding hydrogens is 386 g/mol. The zero-order valence-corrected chi connectivity index (χ0v) is 18.1. The third-order valence-corrected chi connectivity index (χ3v) is 5.18. The molecular formula is C25H27N5O. The standard InChI is InChI=1S/C25H27N5O/c1-25(2,3)20-11-9-19(10-12-20)24(31)29-21-17-23(30-22(28-21)14-16-27-30)26-15-13-18-7-5-4-6-8-18/h4-12,14,16-17,26H,13,15H2,1-3H3,(H,28,29,31). The van der Waals surface area contributed by atoms with E-state index in [0.717, 1.165) is 18.8 Å². The Morgan fingerprint density at radius 1 is 1.00 bits per heavy atom. The topological polar surface area (TPSA) is 71.3 Å². The van der Waals surface area contributed by atoms with Gasteiger partial charge < -0.3 is 10.6 Å². The quantitative estimate of drug-likeness (QED) is 0.470. The highest BCUT2D eigenvalue weighted by atomic mass is 16.1. The highest BCUT2D eigenvalue weighted by Crippen LogP contribution is 2.23. The molecule has 0 bridgehead atoms. The van der Waals surface area contributed by atoms with Gasteiger partial charge in [0.1, 0.15) is 11.6 Å². The average molecular weight is 414 g/mol. The van der Waals surface area contributed by atoms with Crippen LogP contribution in [0.3, 0.4) is 0 Å². The Kier molecular flexibility index (Phi) is 5.71. The van der Waals surface area contributed by atoms with Crippen molar-refractivity contribution < 1.29 is 4.79 Å². The second-order valence-corrected chi connectivity index (χ2v) is 8.57. The van der Waals surface area contributed by atoms with E-state index in [-0.39, 0.29) is 11.3 Å². The van der Waals surface area contributed by atoms with Crippen LogP contribution in [0, 0.1) is 0 Å². The summed E-state index contributed by atoms with van der Waals surface area (Å²) in [4.78, 5) is 17.3. The summed E-state index contributed by atoms with van der Waals surface area (Å²) in [5.74, 6) is 1.08. The summed E-state index contributed by atoms with van der Waals surface area (Å²) in [5, 5.41) is 10.7. The summed E-state index contributed by atoms with van der Waals surface area (Å²) in [7, 11) is 0. The number of anilines is 2. The van der Waals surface area contributed by atoms with Crippen molar-refractivity contribution in [3.05, 3.63) is 89.6 Å². The first-order valence-electron chi connectivity index (χ1n) is 10.4. The van der Waals surface area contributed by atoms with E-state index < -0.39 is 0 Å². The van der Waals surface area contributed by atoms with Crippen LogP contribution in [0.1, 0.15) is 42.3 Å². The lowest BCUT2D eigenvalue weighted by Crippen LogP contribution is -2.16. The first kappa shape index (κ1) is 20.6. The summed E-state index contributed by atoms with van der Waals surface area (Å²) in [6.45, 7) is 7.20. The molecule has 0 spiro atoms. The number of nitrogens with one attached hydrogen (secondary N) is 2. The van der Waals surface area contributed by atoms with Gasteiger partial charge in [0.2, 0.25) is 0 Å². The molecule has 6 heteroatoms. The molecule has 0 fully saturated rings. The third-order valence-electron chi connectivity index (χ3n) is 5.18. The zero-order chi connectivity index (χ0) is 21.8. The molecule has 0 aliphatic carbocycles. The fourth-order valence-electron chi connectivity index (χ4n) is 3.39. The minimum absolute atomic E-state index is 0.0456. The molecule has 0 radical (unpaired) electrons. The van der Waals surface area contributed by atoms with Gasteiger partial charge in [0.05, 0.1) is 6.20 Å². The van der Waals surface area contributed by atoms with E-state index >= 15 is 0 Å². The molecule has 2 N–H and O–H groups in total. The maximum absolute atomic E-state index is 12.8. The Morgan fingerprint density at radius 2 is 1.74 bits per heavy atom. The predicted molar refractivity (Wildman–Crippen MR) is 125 cm³/mol. The fourth-order valence-corrected chi connectivity index (χ4v) is 3.39. The number of hydrogen-bond donors (Lipinski definition) is 2. The Morgan fingerprint density at radius 3 is 2.45 bits per heavy atom. The number of fused-ring (bicyclic) bond motifs is 1. The summed E-state index contributed by atoms with van der Waals surface area (Å²) in [6.07, 6.45) is 2.58. The number of rotatable bonds is 6. The second kappa shape index (κ2) is 8.60. The molecule has 0 unspecified atom stereocenters. The van der Waals surface area contributed by atoms with Crippen LogP contribution in [0.4, 0.5) is 11.6 Å². The molecule has 0 aliphatic rings. The molecule has 0 saturated heterocycles. The monoisotopic (exact) mass is 413 g/mol. The van der Waals surface area contributed by atoms with E-state index in [1.807, 2.05) is 54.6 Å². The van der Waals surface area contributed by atoms with E-state index in [9.17, 15) is 4.79 Å². The molecule has 0 aliphatic heterocycles. The van der Waals surface area contributed by atoms with E-state index in [2.05, 4.69) is 53.6 Å². The van der Waals surface area contributed by atoms with Crippen LogP contribution >= 0.6 is 0 Å². The van der Waals surface area contributed by atoms with E-state index in [0.29, 0.717) is 17.0 Å². The zero-order valence-electron chi connectivity index (χ0n) is 18.1. The Balaban J connectivity index is 1.49. The minimum Gasteiger partial charge on any atom is -0.370 e. The molecule has 6 nitrogen and oxygen atoms in total.